The molecule has 2 aromatic heterocycles. The van der Waals surface area contributed by atoms with E-state index < -0.39 is 0 Å². The van der Waals surface area contributed by atoms with Crippen LogP contribution in [0.3, 0.4) is 0 Å². The number of nitrogens with zero attached hydrogens (tertiary/aromatic N) is 3. The van der Waals surface area contributed by atoms with Crippen LogP contribution in [0.15, 0.2) is 52.1 Å². The maximum absolute atomic E-state index is 11.8. The molecule has 0 atom stereocenters. The average Bonchev–Trinajstić information content (AvgIpc) is 3.45. The molecule has 30 heavy (non-hydrogen) atoms. The smallest absolute Gasteiger partial charge is 0.251 e. The monoisotopic (exact) mass is 409 g/mol. The molecule has 0 unspecified atom stereocenters. The van der Waals surface area contributed by atoms with E-state index in [-0.39, 0.29) is 5.91 Å². The van der Waals surface area contributed by atoms with Gasteiger partial charge >= 0.3 is 0 Å². The second kappa shape index (κ2) is 10.8. The van der Waals surface area contributed by atoms with E-state index in [1.807, 2.05) is 37.3 Å². The van der Waals surface area contributed by atoms with Gasteiger partial charge in [-0.3, -0.25) is 14.9 Å². The predicted molar refractivity (Wildman–Crippen MR) is 115 cm³/mol. The van der Waals surface area contributed by atoms with Gasteiger partial charge in [-0.05, 0) is 43.2 Å². The van der Waals surface area contributed by atoms with Crippen LogP contribution in [0.1, 0.15) is 28.7 Å². The summed E-state index contributed by atoms with van der Waals surface area (Å²) in [4.78, 5) is 20.8. The second-order valence-electron chi connectivity index (χ2n) is 6.55. The first-order valence-corrected chi connectivity index (χ1v) is 9.98. The molecule has 1 aromatic carbocycles. The lowest BCUT2D eigenvalue weighted by Crippen LogP contribution is -2.38. The summed E-state index contributed by atoms with van der Waals surface area (Å²) in [6.07, 6.45) is 3.02. The molecule has 0 saturated carbocycles. The molecule has 3 rings (SSSR count). The Hall–Kier alpha value is -3.62. The lowest BCUT2D eigenvalue weighted by molar-refractivity contribution is 0.0963. The third-order valence-corrected chi connectivity index (χ3v) is 4.36. The molecular weight excluding hydrogens is 382 g/mol. The van der Waals surface area contributed by atoms with Gasteiger partial charge in [-0.2, -0.15) is 5.10 Å². The van der Waals surface area contributed by atoms with E-state index >= 15 is 0 Å². The first kappa shape index (κ1) is 21.1. The van der Waals surface area contributed by atoms with Crippen LogP contribution >= 0.6 is 0 Å². The van der Waals surface area contributed by atoms with Crippen LogP contribution in [0.5, 0.6) is 0 Å². The molecule has 0 aliphatic rings. The van der Waals surface area contributed by atoms with E-state index in [4.69, 9.17) is 4.42 Å². The third kappa shape index (κ3) is 5.94. The van der Waals surface area contributed by atoms with Crippen LogP contribution in [0.2, 0.25) is 0 Å². The molecule has 0 bridgehead atoms. The van der Waals surface area contributed by atoms with Gasteiger partial charge in [0.05, 0.1) is 6.26 Å². The van der Waals surface area contributed by atoms with E-state index in [2.05, 4.69) is 36.1 Å². The normalized spacial score (nSPS) is 11.3. The maximum atomic E-state index is 11.8. The highest BCUT2D eigenvalue weighted by atomic mass is 16.3. The Kier molecular flexibility index (Phi) is 7.59. The zero-order valence-electron chi connectivity index (χ0n) is 17.2. The Balaban J connectivity index is 1.49. The number of guanidine groups is 1. The van der Waals surface area contributed by atoms with Crippen LogP contribution in [-0.4, -0.2) is 53.7 Å². The SMILES string of the molecule is CCNC(=NCCc1nc(-c2ccco2)n[nH]1)NCCc1cccc(C(=O)NC)c1. The van der Waals surface area contributed by atoms with Crippen LogP contribution in [0.4, 0.5) is 0 Å². The molecule has 158 valence electrons. The number of furan rings is 1. The topological polar surface area (TPSA) is 120 Å². The van der Waals surface area contributed by atoms with Gasteiger partial charge in [-0.25, -0.2) is 4.98 Å². The van der Waals surface area contributed by atoms with Crippen LogP contribution < -0.4 is 16.0 Å². The molecule has 0 aliphatic heterocycles. The number of carbonyl (C=O) groups is 1. The zero-order valence-corrected chi connectivity index (χ0v) is 17.2. The van der Waals surface area contributed by atoms with Gasteiger partial charge < -0.3 is 20.4 Å². The quantitative estimate of drug-likeness (QED) is 0.316. The fraction of sp³-hybridized carbons (Fsp3) is 0.333. The minimum Gasteiger partial charge on any atom is -0.461 e. The molecule has 0 spiro atoms. The van der Waals surface area contributed by atoms with Gasteiger partial charge in [-0.15, -0.1) is 0 Å². The number of hydrogen-bond donors (Lipinski definition) is 4. The third-order valence-electron chi connectivity index (χ3n) is 4.36. The summed E-state index contributed by atoms with van der Waals surface area (Å²) in [6, 6.07) is 11.3. The summed E-state index contributed by atoms with van der Waals surface area (Å²) in [7, 11) is 1.63. The summed E-state index contributed by atoms with van der Waals surface area (Å²) < 4.78 is 5.30. The van der Waals surface area contributed by atoms with Crippen LogP contribution in [0.25, 0.3) is 11.6 Å². The molecule has 1 amide bonds. The molecule has 2 heterocycles. The lowest BCUT2D eigenvalue weighted by atomic mass is 10.1. The Morgan fingerprint density at radius 1 is 1.20 bits per heavy atom. The Morgan fingerprint density at radius 3 is 2.87 bits per heavy atom. The van der Waals surface area contributed by atoms with Gasteiger partial charge in [0.15, 0.2) is 11.7 Å². The predicted octanol–water partition coefficient (Wildman–Crippen LogP) is 1.76. The molecule has 3 aromatic rings. The van der Waals surface area contributed by atoms with Crippen molar-refractivity contribution in [2.45, 2.75) is 19.8 Å². The van der Waals surface area contributed by atoms with Crippen molar-refractivity contribution in [2.75, 3.05) is 26.7 Å². The van der Waals surface area contributed by atoms with Crippen molar-refractivity contribution in [2.24, 2.45) is 4.99 Å². The fourth-order valence-corrected chi connectivity index (χ4v) is 2.88. The maximum Gasteiger partial charge on any atom is 0.251 e. The summed E-state index contributed by atoms with van der Waals surface area (Å²) in [6.45, 7) is 4.06. The average molecular weight is 409 g/mol. The molecule has 0 saturated heterocycles. The number of aromatic amines is 1. The fourth-order valence-electron chi connectivity index (χ4n) is 2.88. The van der Waals surface area contributed by atoms with E-state index in [0.29, 0.717) is 36.7 Å². The highest BCUT2D eigenvalue weighted by Gasteiger charge is 2.08. The summed E-state index contributed by atoms with van der Waals surface area (Å²) in [5.41, 5.74) is 1.75. The number of rotatable bonds is 9. The van der Waals surface area contributed by atoms with Gasteiger partial charge in [0.2, 0.25) is 5.82 Å². The molecule has 0 aliphatic carbocycles. The summed E-state index contributed by atoms with van der Waals surface area (Å²) >= 11 is 0. The van der Waals surface area contributed by atoms with Crippen molar-refractivity contribution in [1.29, 1.82) is 0 Å². The van der Waals surface area contributed by atoms with Crippen molar-refractivity contribution in [3.05, 3.63) is 59.6 Å². The minimum absolute atomic E-state index is 0.0812. The number of aliphatic imine (C=N–C) groups is 1. The number of nitrogens with one attached hydrogen (secondary N) is 4. The minimum atomic E-state index is -0.0812. The van der Waals surface area contributed by atoms with Crippen molar-refractivity contribution < 1.29 is 9.21 Å². The van der Waals surface area contributed by atoms with E-state index in [9.17, 15) is 4.79 Å². The van der Waals surface area contributed by atoms with Crippen LogP contribution in [-0.2, 0) is 12.8 Å². The molecule has 0 radical (unpaired) electrons. The Bertz CT molecular complexity index is 963. The molecule has 4 N–H and O–H groups in total. The Morgan fingerprint density at radius 2 is 2.10 bits per heavy atom. The number of hydrogen-bond acceptors (Lipinski definition) is 5. The standard InChI is InChI=1S/C21H27N7O2/c1-3-23-21(24-11-9-15-6-4-7-16(14-15)20(29)22-2)25-12-10-18-26-19(28-27-18)17-8-5-13-30-17/h4-8,13-14H,3,9-12H2,1-2H3,(H,22,29)(H2,23,24,25)(H,26,27,28). The number of H-pyrrole nitrogens is 1. The van der Waals surface area contributed by atoms with Crippen molar-refractivity contribution >= 4 is 11.9 Å². The highest BCUT2D eigenvalue weighted by Crippen LogP contribution is 2.14. The second-order valence-corrected chi connectivity index (χ2v) is 6.55. The number of carbonyl (C=O) groups excluding carboxylic acids is 1. The number of aromatic nitrogens is 3. The highest BCUT2D eigenvalue weighted by molar-refractivity contribution is 5.94. The van der Waals surface area contributed by atoms with Gasteiger partial charge in [0.1, 0.15) is 5.82 Å². The molecule has 9 heteroatoms. The molecule has 9 nitrogen and oxygen atoms in total. The van der Waals surface area contributed by atoms with E-state index in [0.717, 1.165) is 30.3 Å². The number of amides is 1. The van der Waals surface area contributed by atoms with Crippen LogP contribution in [0, 0.1) is 0 Å². The first-order chi connectivity index (χ1) is 14.7. The Labute approximate surface area is 175 Å². The molecular formula is C21H27N7O2. The largest absolute Gasteiger partial charge is 0.461 e. The zero-order chi connectivity index (χ0) is 21.2. The van der Waals surface area contributed by atoms with E-state index in [1.165, 1.54) is 0 Å². The summed E-state index contributed by atoms with van der Waals surface area (Å²) in [5, 5.41) is 16.3. The van der Waals surface area contributed by atoms with Gasteiger partial charge in [0.25, 0.3) is 5.91 Å². The van der Waals surface area contributed by atoms with Crippen molar-refractivity contribution in [3.63, 3.8) is 0 Å². The lowest BCUT2D eigenvalue weighted by Gasteiger charge is -2.11. The number of benzene rings is 1. The van der Waals surface area contributed by atoms with E-state index in [1.54, 1.807) is 19.4 Å². The van der Waals surface area contributed by atoms with Crippen molar-refractivity contribution in [3.8, 4) is 11.6 Å². The van der Waals surface area contributed by atoms with Crippen molar-refractivity contribution in [1.82, 2.24) is 31.1 Å². The molecule has 0 fully saturated rings. The summed E-state index contributed by atoms with van der Waals surface area (Å²) in [5.74, 6) is 2.60. The van der Waals surface area contributed by atoms with Gasteiger partial charge in [0, 0.05) is 38.7 Å². The first-order valence-electron chi connectivity index (χ1n) is 9.98. The van der Waals surface area contributed by atoms with Gasteiger partial charge in [-0.1, -0.05) is 12.1 Å².